The predicted molar refractivity (Wildman–Crippen MR) is 71.6 cm³/mol. The normalized spacial score (nSPS) is 16.4. The molecule has 0 radical (unpaired) electrons. The zero-order valence-corrected chi connectivity index (χ0v) is 11.1. The van der Waals surface area contributed by atoms with Crippen LogP contribution < -0.4 is 20.7 Å². The van der Waals surface area contributed by atoms with Gasteiger partial charge >= 0.3 is 0 Å². The molecule has 0 aromatic heterocycles. The molecule has 4 nitrogen and oxygen atoms in total. The second-order valence-corrected chi connectivity index (χ2v) is 4.55. The number of nitrogens with one attached hydrogen (secondary N) is 1. The standard InChI is InChI=1S/C14H22N2O2/c1-3-17-12-8-7-11(9-13(12)18-4-2)14(16-15)10-5-6-10/h7-10,14,16H,3-6,15H2,1-2H3. The first-order valence-corrected chi connectivity index (χ1v) is 6.65. The third-order valence-corrected chi connectivity index (χ3v) is 3.20. The number of rotatable bonds is 7. The van der Waals surface area contributed by atoms with E-state index in [2.05, 4.69) is 11.5 Å². The molecule has 0 saturated heterocycles. The molecule has 0 amide bonds. The van der Waals surface area contributed by atoms with Crippen molar-refractivity contribution in [2.24, 2.45) is 11.8 Å². The fourth-order valence-electron chi connectivity index (χ4n) is 2.20. The molecule has 1 aliphatic rings. The highest BCUT2D eigenvalue weighted by molar-refractivity contribution is 5.44. The molecule has 0 aliphatic heterocycles. The highest BCUT2D eigenvalue weighted by atomic mass is 16.5. The van der Waals surface area contributed by atoms with Crippen molar-refractivity contribution in [2.75, 3.05) is 13.2 Å². The van der Waals surface area contributed by atoms with E-state index < -0.39 is 0 Å². The summed E-state index contributed by atoms with van der Waals surface area (Å²) in [7, 11) is 0. The van der Waals surface area contributed by atoms with Crippen molar-refractivity contribution in [3.05, 3.63) is 23.8 Å². The van der Waals surface area contributed by atoms with Crippen molar-refractivity contribution >= 4 is 0 Å². The summed E-state index contributed by atoms with van der Waals surface area (Å²) in [5.41, 5.74) is 4.08. The number of hydrogen-bond acceptors (Lipinski definition) is 4. The Morgan fingerprint density at radius 2 is 1.89 bits per heavy atom. The van der Waals surface area contributed by atoms with Gasteiger partial charge < -0.3 is 9.47 Å². The van der Waals surface area contributed by atoms with E-state index in [0.717, 1.165) is 11.5 Å². The summed E-state index contributed by atoms with van der Waals surface area (Å²) in [4.78, 5) is 0. The van der Waals surface area contributed by atoms with Crippen LogP contribution >= 0.6 is 0 Å². The molecule has 3 N–H and O–H groups in total. The molecule has 0 spiro atoms. The first-order valence-electron chi connectivity index (χ1n) is 6.65. The van der Waals surface area contributed by atoms with Gasteiger partial charge in [0.15, 0.2) is 11.5 Å². The van der Waals surface area contributed by atoms with Crippen LogP contribution in [0.25, 0.3) is 0 Å². The van der Waals surface area contributed by atoms with Crippen LogP contribution in [0, 0.1) is 5.92 Å². The van der Waals surface area contributed by atoms with E-state index >= 15 is 0 Å². The summed E-state index contributed by atoms with van der Waals surface area (Å²) in [5, 5.41) is 0. The van der Waals surface area contributed by atoms with Gasteiger partial charge in [-0.2, -0.15) is 0 Å². The van der Waals surface area contributed by atoms with Gasteiger partial charge in [0.1, 0.15) is 0 Å². The second-order valence-electron chi connectivity index (χ2n) is 4.55. The van der Waals surface area contributed by atoms with Crippen LogP contribution in [-0.2, 0) is 0 Å². The number of ether oxygens (including phenoxy) is 2. The lowest BCUT2D eigenvalue weighted by atomic mass is 10.0. The molecule has 1 fully saturated rings. The highest BCUT2D eigenvalue weighted by Crippen LogP contribution is 2.42. The minimum absolute atomic E-state index is 0.222. The maximum Gasteiger partial charge on any atom is 0.161 e. The average Bonchev–Trinajstić information content (AvgIpc) is 3.18. The zero-order valence-electron chi connectivity index (χ0n) is 11.1. The third-order valence-electron chi connectivity index (χ3n) is 3.20. The van der Waals surface area contributed by atoms with Crippen LogP contribution in [0.3, 0.4) is 0 Å². The molecule has 4 heteroatoms. The molecule has 1 aromatic carbocycles. The van der Waals surface area contributed by atoms with E-state index in [-0.39, 0.29) is 6.04 Å². The summed E-state index contributed by atoms with van der Waals surface area (Å²) < 4.78 is 11.2. The Morgan fingerprint density at radius 3 is 2.44 bits per heavy atom. The molecule has 1 atom stereocenters. The predicted octanol–water partition coefficient (Wildman–Crippen LogP) is 2.40. The zero-order chi connectivity index (χ0) is 13.0. The minimum atomic E-state index is 0.222. The van der Waals surface area contributed by atoms with E-state index in [1.54, 1.807) is 0 Å². The quantitative estimate of drug-likeness (QED) is 0.576. The first kappa shape index (κ1) is 13.2. The average molecular weight is 250 g/mol. The summed E-state index contributed by atoms with van der Waals surface area (Å²) >= 11 is 0. The number of hydrogen-bond donors (Lipinski definition) is 2. The van der Waals surface area contributed by atoms with E-state index in [1.807, 2.05) is 26.0 Å². The molecule has 1 unspecified atom stereocenters. The summed E-state index contributed by atoms with van der Waals surface area (Å²) in [6.45, 7) is 5.22. The fraction of sp³-hybridized carbons (Fsp3) is 0.571. The largest absolute Gasteiger partial charge is 0.490 e. The van der Waals surface area contributed by atoms with Gasteiger partial charge in [0.25, 0.3) is 0 Å². The highest BCUT2D eigenvalue weighted by Gasteiger charge is 2.32. The van der Waals surface area contributed by atoms with Gasteiger partial charge in [0.2, 0.25) is 0 Å². The van der Waals surface area contributed by atoms with Gasteiger partial charge in [-0.05, 0) is 50.3 Å². The molecule has 0 heterocycles. The Hall–Kier alpha value is -1.26. The minimum Gasteiger partial charge on any atom is -0.490 e. The molecular weight excluding hydrogens is 228 g/mol. The fourth-order valence-corrected chi connectivity index (χ4v) is 2.20. The lowest BCUT2D eigenvalue weighted by molar-refractivity contribution is 0.287. The Balaban J connectivity index is 2.23. The van der Waals surface area contributed by atoms with E-state index in [9.17, 15) is 0 Å². The number of benzene rings is 1. The van der Waals surface area contributed by atoms with Crippen molar-refractivity contribution in [2.45, 2.75) is 32.7 Å². The molecule has 1 aliphatic carbocycles. The summed E-state index contributed by atoms with van der Waals surface area (Å²) in [5.74, 6) is 7.90. The molecule has 1 aromatic rings. The van der Waals surface area contributed by atoms with Gasteiger partial charge in [0.05, 0.1) is 13.2 Å². The van der Waals surface area contributed by atoms with E-state index in [0.29, 0.717) is 19.1 Å². The Kier molecular flexibility index (Phi) is 4.44. The molecule has 0 bridgehead atoms. The van der Waals surface area contributed by atoms with Crippen LogP contribution in [0.2, 0.25) is 0 Å². The number of nitrogens with two attached hydrogens (primary N) is 1. The van der Waals surface area contributed by atoms with Crippen LogP contribution in [-0.4, -0.2) is 13.2 Å². The summed E-state index contributed by atoms with van der Waals surface area (Å²) in [6, 6.07) is 6.30. The third kappa shape index (κ3) is 2.94. The van der Waals surface area contributed by atoms with E-state index in [4.69, 9.17) is 15.3 Å². The maximum absolute atomic E-state index is 5.64. The van der Waals surface area contributed by atoms with Crippen molar-refractivity contribution in [1.82, 2.24) is 5.43 Å². The van der Waals surface area contributed by atoms with Gasteiger partial charge in [-0.1, -0.05) is 6.07 Å². The lowest BCUT2D eigenvalue weighted by Gasteiger charge is -2.18. The second kappa shape index (κ2) is 6.07. The van der Waals surface area contributed by atoms with Crippen molar-refractivity contribution in [1.29, 1.82) is 0 Å². The molecule has 1 saturated carbocycles. The van der Waals surface area contributed by atoms with Gasteiger partial charge in [-0.25, -0.2) is 0 Å². The van der Waals surface area contributed by atoms with Crippen LogP contribution in [0.15, 0.2) is 18.2 Å². The summed E-state index contributed by atoms with van der Waals surface area (Å²) in [6.07, 6.45) is 2.48. The topological polar surface area (TPSA) is 56.5 Å². The van der Waals surface area contributed by atoms with Gasteiger partial charge in [0, 0.05) is 6.04 Å². The van der Waals surface area contributed by atoms with Crippen LogP contribution in [0.4, 0.5) is 0 Å². The Morgan fingerprint density at radius 1 is 1.22 bits per heavy atom. The van der Waals surface area contributed by atoms with Crippen LogP contribution in [0.1, 0.15) is 38.3 Å². The van der Waals surface area contributed by atoms with Gasteiger partial charge in [-0.3, -0.25) is 11.3 Å². The molecule has 18 heavy (non-hydrogen) atoms. The Labute approximate surface area is 108 Å². The van der Waals surface area contributed by atoms with Crippen molar-refractivity contribution in [3.63, 3.8) is 0 Å². The van der Waals surface area contributed by atoms with Crippen molar-refractivity contribution < 1.29 is 9.47 Å². The number of hydrazine groups is 1. The molecular formula is C14H22N2O2. The van der Waals surface area contributed by atoms with E-state index in [1.165, 1.54) is 18.4 Å². The first-order chi connectivity index (χ1) is 8.80. The lowest BCUT2D eigenvalue weighted by Crippen LogP contribution is -2.29. The van der Waals surface area contributed by atoms with Crippen LogP contribution in [0.5, 0.6) is 11.5 Å². The smallest absolute Gasteiger partial charge is 0.161 e. The monoisotopic (exact) mass is 250 g/mol. The SMILES string of the molecule is CCOc1ccc(C(NN)C2CC2)cc1OCC. The molecule has 100 valence electrons. The van der Waals surface area contributed by atoms with Crippen molar-refractivity contribution in [3.8, 4) is 11.5 Å². The Bertz CT molecular complexity index is 391. The maximum atomic E-state index is 5.64. The van der Waals surface area contributed by atoms with Gasteiger partial charge in [-0.15, -0.1) is 0 Å². The molecule has 2 rings (SSSR count).